The van der Waals surface area contributed by atoms with Gasteiger partial charge in [-0.05, 0) is 6.07 Å². The van der Waals surface area contributed by atoms with Crippen molar-refractivity contribution >= 4 is 32.8 Å². The predicted molar refractivity (Wildman–Crippen MR) is 74.0 cm³/mol. The van der Waals surface area contributed by atoms with E-state index < -0.39 is 37.2 Å². The van der Waals surface area contributed by atoms with Gasteiger partial charge in [-0.15, -0.1) is 0 Å². The normalized spacial score (nSPS) is 18.3. The number of anilines is 1. The van der Waals surface area contributed by atoms with Gasteiger partial charge in [0, 0.05) is 19.2 Å². The monoisotopic (exact) mass is 358 g/mol. The van der Waals surface area contributed by atoms with Crippen LogP contribution >= 0.6 is 11.6 Å². The van der Waals surface area contributed by atoms with E-state index in [1.807, 2.05) is 0 Å². The summed E-state index contributed by atoms with van der Waals surface area (Å²) in [6, 6.07) is 1.24. The summed E-state index contributed by atoms with van der Waals surface area (Å²) in [5, 5.41) is 10.4. The molecule has 6 nitrogen and oxygen atoms in total. The molecule has 0 unspecified atom stereocenters. The fourth-order valence-corrected chi connectivity index (χ4v) is 3.59. The van der Waals surface area contributed by atoms with E-state index >= 15 is 0 Å². The second-order valence-corrected chi connectivity index (χ2v) is 7.43. The van der Waals surface area contributed by atoms with Gasteiger partial charge in [-0.25, -0.2) is 8.42 Å². The number of hydrogen-bond donors (Lipinski definition) is 0. The fourth-order valence-electron chi connectivity index (χ4n) is 2.12. The van der Waals surface area contributed by atoms with Crippen molar-refractivity contribution in [2.45, 2.75) is 6.18 Å². The molecular weight excluding hydrogens is 349 g/mol. The maximum atomic E-state index is 12.8. The van der Waals surface area contributed by atoms with Crippen molar-refractivity contribution < 1.29 is 26.5 Å². The Kier molecular flexibility index (Phi) is 4.26. The first-order valence-corrected chi connectivity index (χ1v) is 8.22. The SMILES string of the molecule is O=[N+]([O-])c1cc(C(F)(F)F)c(Cl)cc1N1CCS(=O)(=O)CC1. The van der Waals surface area contributed by atoms with Crippen LogP contribution in [-0.2, 0) is 16.0 Å². The summed E-state index contributed by atoms with van der Waals surface area (Å²) >= 11 is 5.58. The number of nitrogens with zero attached hydrogens (tertiary/aromatic N) is 2. The third-order valence-electron chi connectivity index (χ3n) is 3.25. The Morgan fingerprint density at radius 1 is 1.23 bits per heavy atom. The van der Waals surface area contributed by atoms with E-state index in [1.54, 1.807) is 0 Å². The van der Waals surface area contributed by atoms with Crippen molar-refractivity contribution in [1.29, 1.82) is 0 Å². The van der Waals surface area contributed by atoms with Gasteiger partial charge in [0.25, 0.3) is 5.69 Å². The molecule has 1 aliphatic heterocycles. The van der Waals surface area contributed by atoms with Crippen LogP contribution in [0.15, 0.2) is 12.1 Å². The van der Waals surface area contributed by atoms with Gasteiger partial charge in [-0.2, -0.15) is 13.2 Å². The summed E-state index contributed by atoms with van der Waals surface area (Å²) in [5.41, 5.74) is -2.16. The summed E-state index contributed by atoms with van der Waals surface area (Å²) in [6.07, 6.45) is -4.81. The molecule has 0 saturated carbocycles. The number of alkyl halides is 3. The van der Waals surface area contributed by atoms with Crippen LogP contribution < -0.4 is 4.90 Å². The van der Waals surface area contributed by atoms with Gasteiger partial charge < -0.3 is 4.90 Å². The predicted octanol–water partition coefficient (Wildman–Crippen LogP) is 2.50. The molecule has 1 aromatic rings. The molecule has 0 atom stereocenters. The number of halogens is 4. The molecule has 0 spiro atoms. The molecule has 0 N–H and O–H groups in total. The van der Waals surface area contributed by atoms with Gasteiger partial charge in [0.1, 0.15) is 5.69 Å². The number of nitro groups is 1. The Hall–Kier alpha value is -1.55. The van der Waals surface area contributed by atoms with Crippen LogP contribution in [0.1, 0.15) is 5.56 Å². The molecule has 0 amide bonds. The second-order valence-electron chi connectivity index (χ2n) is 4.71. The molecule has 2 rings (SSSR count). The lowest BCUT2D eigenvalue weighted by atomic mass is 10.1. The maximum absolute atomic E-state index is 12.8. The molecule has 0 radical (unpaired) electrons. The van der Waals surface area contributed by atoms with Crippen LogP contribution in [0.3, 0.4) is 0 Å². The van der Waals surface area contributed by atoms with E-state index in [9.17, 15) is 31.7 Å². The lowest BCUT2D eigenvalue weighted by molar-refractivity contribution is -0.384. The van der Waals surface area contributed by atoms with Gasteiger partial charge in [0.15, 0.2) is 9.84 Å². The van der Waals surface area contributed by atoms with Gasteiger partial charge in [-0.1, -0.05) is 11.6 Å². The van der Waals surface area contributed by atoms with Crippen LogP contribution in [-0.4, -0.2) is 37.9 Å². The number of rotatable bonds is 2. The highest BCUT2D eigenvalue weighted by atomic mass is 35.5. The fraction of sp³-hybridized carbons (Fsp3) is 0.455. The first-order valence-electron chi connectivity index (χ1n) is 6.02. The summed E-state index contributed by atoms with van der Waals surface area (Å²) in [5.74, 6) is -0.439. The number of hydrogen-bond acceptors (Lipinski definition) is 5. The second kappa shape index (κ2) is 5.58. The van der Waals surface area contributed by atoms with E-state index in [1.165, 1.54) is 4.90 Å². The molecule has 0 aromatic heterocycles. The van der Waals surface area contributed by atoms with Gasteiger partial charge >= 0.3 is 6.18 Å². The third kappa shape index (κ3) is 3.43. The summed E-state index contributed by atoms with van der Waals surface area (Å²) in [4.78, 5) is 11.4. The number of sulfone groups is 1. The van der Waals surface area contributed by atoms with Crippen molar-refractivity contribution in [3.05, 3.63) is 32.8 Å². The molecule has 0 aliphatic carbocycles. The van der Waals surface area contributed by atoms with Crippen molar-refractivity contribution in [3.8, 4) is 0 Å². The van der Waals surface area contributed by atoms with Crippen LogP contribution in [0.2, 0.25) is 5.02 Å². The summed E-state index contributed by atoms with van der Waals surface area (Å²) < 4.78 is 61.0. The van der Waals surface area contributed by atoms with E-state index in [2.05, 4.69) is 0 Å². The van der Waals surface area contributed by atoms with Crippen molar-refractivity contribution in [1.82, 2.24) is 0 Å². The van der Waals surface area contributed by atoms with E-state index in [-0.39, 0.29) is 30.3 Å². The van der Waals surface area contributed by atoms with Gasteiger partial charge in [0.05, 0.1) is 27.0 Å². The Morgan fingerprint density at radius 3 is 2.23 bits per heavy atom. The van der Waals surface area contributed by atoms with Gasteiger partial charge in [0.2, 0.25) is 0 Å². The first-order chi connectivity index (χ1) is 10.0. The zero-order chi connectivity index (χ0) is 16.7. The molecule has 1 saturated heterocycles. The minimum Gasteiger partial charge on any atom is -0.364 e. The lowest BCUT2D eigenvalue weighted by Crippen LogP contribution is -2.40. The van der Waals surface area contributed by atoms with Crippen molar-refractivity contribution in [2.75, 3.05) is 29.5 Å². The Balaban J connectivity index is 2.48. The molecule has 0 bridgehead atoms. The number of nitro benzene ring substituents is 1. The highest BCUT2D eigenvalue weighted by Crippen LogP contribution is 2.41. The zero-order valence-corrected chi connectivity index (χ0v) is 12.5. The lowest BCUT2D eigenvalue weighted by Gasteiger charge is -2.28. The molecule has 11 heteroatoms. The van der Waals surface area contributed by atoms with E-state index in [0.29, 0.717) is 6.07 Å². The van der Waals surface area contributed by atoms with E-state index in [0.717, 1.165) is 6.07 Å². The smallest absolute Gasteiger partial charge is 0.364 e. The van der Waals surface area contributed by atoms with Crippen LogP contribution in [0.25, 0.3) is 0 Å². The quantitative estimate of drug-likeness (QED) is 0.599. The summed E-state index contributed by atoms with van der Waals surface area (Å²) in [7, 11) is -3.22. The van der Waals surface area contributed by atoms with Crippen molar-refractivity contribution in [2.24, 2.45) is 0 Å². The highest BCUT2D eigenvalue weighted by molar-refractivity contribution is 7.91. The molecule has 1 aromatic carbocycles. The molecule has 1 heterocycles. The minimum absolute atomic E-state index is 0.0368. The average molecular weight is 359 g/mol. The standard InChI is InChI=1S/C11H10ClF3N2O4S/c12-8-6-9(16-1-3-22(20,21)4-2-16)10(17(18)19)5-7(8)11(13,14)15/h5-6H,1-4H2. The Labute approximate surface area is 128 Å². The maximum Gasteiger partial charge on any atom is 0.418 e. The summed E-state index contributed by atoms with van der Waals surface area (Å²) in [6.45, 7) is -0.0737. The van der Waals surface area contributed by atoms with Crippen molar-refractivity contribution in [3.63, 3.8) is 0 Å². The average Bonchev–Trinajstić information content (AvgIpc) is 2.36. The van der Waals surface area contributed by atoms with Gasteiger partial charge in [-0.3, -0.25) is 10.1 Å². The molecule has 1 fully saturated rings. The third-order valence-corrected chi connectivity index (χ3v) is 5.17. The molecule has 1 aliphatic rings. The largest absolute Gasteiger partial charge is 0.418 e. The molecule has 22 heavy (non-hydrogen) atoms. The van der Waals surface area contributed by atoms with Crippen LogP contribution in [0.4, 0.5) is 24.5 Å². The first kappa shape index (κ1) is 16.8. The molecular formula is C11H10ClF3N2O4S. The van der Waals surface area contributed by atoms with Crippen LogP contribution in [0.5, 0.6) is 0 Å². The highest BCUT2D eigenvalue weighted by Gasteiger charge is 2.37. The van der Waals surface area contributed by atoms with Crippen LogP contribution in [0, 0.1) is 10.1 Å². The Morgan fingerprint density at radius 2 is 1.77 bits per heavy atom. The zero-order valence-electron chi connectivity index (χ0n) is 10.9. The minimum atomic E-state index is -4.81. The Bertz CT molecular complexity index is 707. The molecule has 122 valence electrons. The van der Waals surface area contributed by atoms with E-state index in [4.69, 9.17) is 11.6 Å². The number of benzene rings is 1. The topological polar surface area (TPSA) is 80.5 Å².